The summed E-state index contributed by atoms with van der Waals surface area (Å²) in [7, 11) is -3.14. The average molecular weight is 382 g/mol. The van der Waals surface area contributed by atoms with Crippen LogP contribution in [0.5, 0.6) is 0 Å². The molecule has 1 aliphatic rings. The first kappa shape index (κ1) is 17.9. The Morgan fingerprint density at radius 3 is 2.32 bits per heavy atom. The first-order chi connectivity index (χ1) is 11.8. The second kappa shape index (κ2) is 7.14. The van der Waals surface area contributed by atoms with E-state index in [1.165, 1.54) is 12.1 Å². The van der Waals surface area contributed by atoms with Gasteiger partial charge in [0, 0.05) is 23.2 Å². The number of benzene rings is 2. The summed E-state index contributed by atoms with van der Waals surface area (Å²) in [6.07, 6.45) is 0.406. The number of hydrogen-bond acceptors (Lipinski definition) is 3. The van der Waals surface area contributed by atoms with Gasteiger partial charge in [-0.05, 0) is 48.4 Å². The number of amides is 1. The van der Waals surface area contributed by atoms with Crippen LogP contribution in [-0.4, -0.2) is 36.8 Å². The van der Waals surface area contributed by atoms with Gasteiger partial charge in [-0.15, -0.1) is 0 Å². The molecule has 7 heteroatoms. The monoisotopic (exact) mass is 381 g/mol. The van der Waals surface area contributed by atoms with Gasteiger partial charge >= 0.3 is 0 Å². The number of carbonyl (C=O) groups excluding carboxylic acids is 1. The normalized spacial score (nSPS) is 18.9. The zero-order valence-corrected chi connectivity index (χ0v) is 14.9. The summed E-state index contributed by atoms with van der Waals surface area (Å²) in [5, 5.41) is 0.519. The summed E-state index contributed by atoms with van der Waals surface area (Å²) in [6, 6.07) is 11.9. The van der Waals surface area contributed by atoms with Crippen LogP contribution >= 0.6 is 11.6 Å². The lowest BCUT2D eigenvalue weighted by Crippen LogP contribution is -2.40. The highest BCUT2D eigenvalue weighted by atomic mass is 35.5. The Hall–Kier alpha value is -1.92. The molecule has 1 heterocycles. The van der Waals surface area contributed by atoms with E-state index in [4.69, 9.17) is 11.6 Å². The SMILES string of the molecule is O=C(c1ccc(Cl)cc1)N(Cc1ccc(F)cc1)C1CCS(=O)(=O)C1. The largest absolute Gasteiger partial charge is 0.330 e. The number of carbonyl (C=O) groups is 1. The van der Waals surface area contributed by atoms with E-state index < -0.39 is 15.9 Å². The second-order valence-electron chi connectivity index (χ2n) is 6.12. The summed E-state index contributed by atoms with van der Waals surface area (Å²) in [5.74, 6) is -0.593. The molecule has 0 spiro atoms. The highest BCUT2D eigenvalue weighted by Crippen LogP contribution is 2.23. The molecule has 2 aromatic rings. The van der Waals surface area contributed by atoms with Gasteiger partial charge < -0.3 is 4.90 Å². The molecule has 0 N–H and O–H groups in total. The summed E-state index contributed by atoms with van der Waals surface area (Å²) >= 11 is 5.87. The van der Waals surface area contributed by atoms with Gasteiger partial charge in [-0.3, -0.25) is 4.79 Å². The lowest BCUT2D eigenvalue weighted by atomic mass is 10.1. The lowest BCUT2D eigenvalue weighted by molar-refractivity contribution is 0.0681. The first-order valence-corrected chi connectivity index (χ1v) is 10.1. The molecule has 132 valence electrons. The molecule has 1 atom stereocenters. The number of rotatable bonds is 4. The van der Waals surface area contributed by atoms with E-state index in [-0.39, 0.29) is 29.8 Å². The lowest BCUT2D eigenvalue weighted by Gasteiger charge is -2.28. The van der Waals surface area contributed by atoms with Crippen LogP contribution in [0.15, 0.2) is 48.5 Å². The molecule has 1 aliphatic heterocycles. The molecule has 0 radical (unpaired) electrons. The van der Waals surface area contributed by atoms with Gasteiger partial charge in [0.25, 0.3) is 5.91 Å². The maximum absolute atomic E-state index is 13.1. The van der Waals surface area contributed by atoms with Crippen LogP contribution in [0.4, 0.5) is 4.39 Å². The average Bonchev–Trinajstić information content (AvgIpc) is 2.94. The van der Waals surface area contributed by atoms with Crippen molar-refractivity contribution >= 4 is 27.3 Å². The van der Waals surface area contributed by atoms with E-state index >= 15 is 0 Å². The van der Waals surface area contributed by atoms with Crippen LogP contribution in [-0.2, 0) is 16.4 Å². The third kappa shape index (κ3) is 4.38. The second-order valence-corrected chi connectivity index (χ2v) is 8.79. The van der Waals surface area contributed by atoms with Crippen LogP contribution in [0.25, 0.3) is 0 Å². The molecular formula is C18H17ClFNO3S. The third-order valence-electron chi connectivity index (χ3n) is 4.27. The quantitative estimate of drug-likeness (QED) is 0.816. The Morgan fingerprint density at radius 1 is 1.12 bits per heavy atom. The zero-order valence-electron chi connectivity index (χ0n) is 13.4. The summed E-state index contributed by atoms with van der Waals surface area (Å²) in [4.78, 5) is 14.5. The summed E-state index contributed by atoms with van der Waals surface area (Å²) in [5.41, 5.74) is 1.18. The third-order valence-corrected chi connectivity index (χ3v) is 6.27. The summed E-state index contributed by atoms with van der Waals surface area (Å²) in [6.45, 7) is 0.224. The van der Waals surface area contributed by atoms with Gasteiger partial charge in [0.1, 0.15) is 5.82 Å². The molecule has 1 saturated heterocycles. The highest BCUT2D eigenvalue weighted by Gasteiger charge is 2.35. The topological polar surface area (TPSA) is 54.5 Å². The minimum Gasteiger partial charge on any atom is -0.330 e. The smallest absolute Gasteiger partial charge is 0.254 e. The standard InChI is InChI=1S/C18H17ClFNO3S/c19-15-5-3-14(4-6-15)18(22)21(17-9-10-25(23,24)12-17)11-13-1-7-16(20)8-2-13/h1-8,17H,9-12H2. The molecule has 0 saturated carbocycles. The maximum atomic E-state index is 13.1. The Balaban J connectivity index is 1.89. The fourth-order valence-corrected chi connectivity index (χ4v) is 4.79. The van der Waals surface area contributed by atoms with Gasteiger partial charge in [-0.1, -0.05) is 23.7 Å². The van der Waals surface area contributed by atoms with Crippen molar-refractivity contribution in [1.82, 2.24) is 4.90 Å². The van der Waals surface area contributed by atoms with Crippen LogP contribution in [0.2, 0.25) is 5.02 Å². The van der Waals surface area contributed by atoms with Crippen molar-refractivity contribution in [2.24, 2.45) is 0 Å². The molecule has 1 unspecified atom stereocenters. The van der Waals surface area contributed by atoms with Crippen LogP contribution in [0.1, 0.15) is 22.3 Å². The number of hydrogen-bond donors (Lipinski definition) is 0. The van der Waals surface area contributed by atoms with Crippen molar-refractivity contribution in [2.45, 2.75) is 19.0 Å². The molecule has 0 aliphatic carbocycles. The van der Waals surface area contributed by atoms with E-state index in [0.717, 1.165) is 5.56 Å². The molecular weight excluding hydrogens is 365 g/mol. The number of sulfone groups is 1. The van der Waals surface area contributed by atoms with Gasteiger partial charge in [-0.25, -0.2) is 12.8 Å². The molecule has 25 heavy (non-hydrogen) atoms. The van der Waals surface area contributed by atoms with Crippen molar-refractivity contribution in [1.29, 1.82) is 0 Å². The minimum atomic E-state index is -3.14. The van der Waals surface area contributed by atoms with Crippen molar-refractivity contribution < 1.29 is 17.6 Å². The van der Waals surface area contributed by atoms with E-state index in [9.17, 15) is 17.6 Å². The minimum absolute atomic E-state index is 0.0481. The van der Waals surface area contributed by atoms with E-state index in [2.05, 4.69) is 0 Å². The van der Waals surface area contributed by atoms with Crippen LogP contribution in [0, 0.1) is 5.82 Å². The number of halogens is 2. The molecule has 0 aromatic heterocycles. The Labute approximate surface area is 151 Å². The highest BCUT2D eigenvalue weighted by molar-refractivity contribution is 7.91. The fourth-order valence-electron chi connectivity index (χ4n) is 2.93. The Kier molecular flexibility index (Phi) is 5.11. The van der Waals surface area contributed by atoms with Crippen molar-refractivity contribution in [3.8, 4) is 0 Å². The van der Waals surface area contributed by atoms with Crippen LogP contribution < -0.4 is 0 Å². The maximum Gasteiger partial charge on any atom is 0.254 e. The fraction of sp³-hybridized carbons (Fsp3) is 0.278. The van der Waals surface area contributed by atoms with E-state index in [0.29, 0.717) is 17.0 Å². The van der Waals surface area contributed by atoms with Crippen LogP contribution in [0.3, 0.4) is 0 Å². The van der Waals surface area contributed by atoms with Gasteiger partial charge in [-0.2, -0.15) is 0 Å². The summed E-state index contributed by atoms with van der Waals surface area (Å²) < 4.78 is 36.8. The number of nitrogens with zero attached hydrogens (tertiary/aromatic N) is 1. The van der Waals surface area contributed by atoms with E-state index in [1.54, 1.807) is 41.3 Å². The molecule has 0 bridgehead atoms. The molecule has 3 rings (SSSR count). The first-order valence-electron chi connectivity index (χ1n) is 7.85. The molecule has 4 nitrogen and oxygen atoms in total. The predicted octanol–water partition coefficient (Wildman–Crippen LogP) is 3.31. The Bertz CT molecular complexity index is 866. The van der Waals surface area contributed by atoms with Crippen molar-refractivity contribution in [3.63, 3.8) is 0 Å². The van der Waals surface area contributed by atoms with Gasteiger partial charge in [0.05, 0.1) is 11.5 Å². The van der Waals surface area contributed by atoms with E-state index in [1.807, 2.05) is 0 Å². The predicted molar refractivity (Wildman–Crippen MR) is 94.8 cm³/mol. The van der Waals surface area contributed by atoms with Crippen molar-refractivity contribution in [3.05, 3.63) is 70.5 Å². The molecule has 1 fully saturated rings. The van der Waals surface area contributed by atoms with Gasteiger partial charge in [0.2, 0.25) is 0 Å². The van der Waals surface area contributed by atoms with Gasteiger partial charge in [0.15, 0.2) is 9.84 Å². The van der Waals surface area contributed by atoms with Crippen molar-refractivity contribution in [2.75, 3.05) is 11.5 Å². The molecule has 1 amide bonds. The zero-order chi connectivity index (χ0) is 18.0. The Morgan fingerprint density at radius 2 is 1.76 bits per heavy atom. The molecule has 2 aromatic carbocycles.